The molecule has 2 rings (SSSR count). The Morgan fingerprint density at radius 3 is 2.92 bits per heavy atom. The summed E-state index contributed by atoms with van der Waals surface area (Å²) in [6, 6.07) is 2.12. The van der Waals surface area contributed by atoms with Crippen molar-refractivity contribution in [3.63, 3.8) is 0 Å². The number of aryl methyl sites for hydroxylation is 3. The first-order chi connectivity index (χ1) is 6.22. The lowest BCUT2D eigenvalue weighted by Crippen LogP contribution is -1.90. The van der Waals surface area contributed by atoms with Crippen LogP contribution in [-0.4, -0.2) is 14.8 Å². The maximum atomic E-state index is 4.40. The van der Waals surface area contributed by atoms with Crippen LogP contribution in [0.15, 0.2) is 12.3 Å². The second kappa shape index (κ2) is 2.83. The molecule has 0 fully saturated rings. The normalized spacial score (nSPS) is 11.0. The highest BCUT2D eigenvalue weighted by Gasteiger charge is 2.07. The van der Waals surface area contributed by atoms with Gasteiger partial charge >= 0.3 is 0 Å². The molecule has 0 aliphatic heterocycles. The van der Waals surface area contributed by atoms with Crippen molar-refractivity contribution in [2.24, 2.45) is 7.05 Å². The third kappa shape index (κ3) is 1.20. The summed E-state index contributed by atoms with van der Waals surface area (Å²) in [5.41, 5.74) is 4.42. The molecule has 0 aromatic carbocycles. The molecule has 0 amide bonds. The van der Waals surface area contributed by atoms with Gasteiger partial charge in [0.25, 0.3) is 0 Å². The molecule has 0 unspecified atom stereocenters. The molecule has 0 spiro atoms. The first-order valence-electron chi connectivity index (χ1n) is 4.50. The van der Waals surface area contributed by atoms with Gasteiger partial charge in [-0.05, 0) is 25.0 Å². The fraction of sp³-hybridized carbons (Fsp3) is 0.400. The topological polar surface area (TPSA) is 30.7 Å². The second-order valence-corrected chi connectivity index (χ2v) is 3.30. The summed E-state index contributed by atoms with van der Waals surface area (Å²) in [6.45, 7) is 4.15. The van der Waals surface area contributed by atoms with Gasteiger partial charge in [-0.1, -0.05) is 6.92 Å². The van der Waals surface area contributed by atoms with Crippen LogP contribution in [0.4, 0.5) is 0 Å². The Morgan fingerprint density at radius 1 is 1.46 bits per heavy atom. The highest BCUT2D eigenvalue weighted by Crippen LogP contribution is 2.16. The van der Waals surface area contributed by atoms with Gasteiger partial charge in [-0.25, -0.2) is 0 Å². The lowest BCUT2D eigenvalue weighted by molar-refractivity contribution is 0.770. The summed E-state index contributed by atoms with van der Waals surface area (Å²) in [6.07, 6.45) is 2.83. The third-order valence-electron chi connectivity index (χ3n) is 2.23. The molecule has 3 heteroatoms. The molecule has 68 valence electrons. The molecular formula is C10H13N3. The van der Waals surface area contributed by atoms with E-state index in [0.29, 0.717) is 0 Å². The molecule has 0 atom stereocenters. The molecule has 0 radical (unpaired) electrons. The van der Waals surface area contributed by atoms with Gasteiger partial charge in [0, 0.05) is 13.2 Å². The van der Waals surface area contributed by atoms with Gasteiger partial charge in [0.05, 0.1) is 11.2 Å². The Labute approximate surface area is 77.4 Å². The van der Waals surface area contributed by atoms with E-state index in [4.69, 9.17) is 0 Å². The summed E-state index contributed by atoms with van der Waals surface area (Å²) >= 11 is 0. The summed E-state index contributed by atoms with van der Waals surface area (Å²) in [7, 11) is 1.96. The zero-order valence-electron chi connectivity index (χ0n) is 8.20. The molecule has 0 bridgehead atoms. The SMILES string of the molecule is CCc1nn(C)c2cc(C)cnc12. The smallest absolute Gasteiger partial charge is 0.111 e. The van der Waals surface area contributed by atoms with Crippen LogP contribution in [0, 0.1) is 6.92 Å². The minimum Gasteiger partial charge on any atom is -0.266 e. The summed E-state index contributed by atoms with van der Waals surface area (Å²) in [5.74, 6) is 0. The number of hydrogen-bond donors (Lipinski definition) is 0. The van der Waals surface area contributed by atoms with Crippen molar-refractivity contribution in [3.8, 4) is 0 Å². The number of rotatable bonds is 1. The van der Waals surface area contributed by atoms with Gasteiger partial charge in [0.2, 0.25) is 0 Å². The van der Waals surface area contributed by atoms with E-state index in [9.17, 15) is 0 Å². The first-order valence-corrected chi connectivity index (χ1v) is 4.50. The summed E-state index contributed by atoms with van der Waals surface area (Å²) in [5, 5.41) is 4.40. The van der Waals surface area contributed by atoms with Crippen molar-refractivity contribution in [3.05, 3.63) is 23.5 Å². The Kier molecular flexibility index (Phi) is 1.79. The van der Waals surface area contributed by atoms with E-state index in [0.717, 1.165) is 23.1 Å². The number of pyridine rings is 1. The van der Waals surface area contributed by atoms with Crippen molar-refractivity contribution >= 4 is 11.0 Å². The van der Waals surface area contributed by atoms with E-state index >= 15 is 0 Å². The molecule has 0 aliphatic carbocycles. The molecule has 0 aliphatic rings. The van der Waals surface area contributed by atoms with E-state index in [2.05, 4.69) is 23.1 Å². The predicted octanol–water partition coefficient (Wildman–Crippen LogP) is 1.84. The van der Waals surface area contributed by atoms with E-state index < -0.39 is 0 Å². The fourth-order valence-electron chi connectivity index (χ4n) is 1.54. The number of nitrogens with zero attached hydrogens (tertiary/aromatic N) is 3. The quantitative estimate of drug-likeness (QED) is 0.662. The van der Waals surface area contributed by atoms with Gasteiger partial charge in [-0.15, -0.1) is 0 Å². The van der Waals surface area contributed by atoms with Gasteiger partial charge in [0.1, 0.15) is 5.52 Å². The van der Waals surface area contributed by atoms with E-state index in [1.807, 2.05) is 24.9 Å². The van der Waals surface area contributed by atoms with Gasteiger partial charge in [-0.3, -0.25) is 9.67 Å². The lowest BCUT2D eigenvalue weighted by Gasteiger charge is -1.94. The minimum absolute atomic E-state index is 0.938. The highest BCUT2D eigenvalue weighted by molar-refractivity contribution is 5.77. The predicted molar refractivity (Wildman–Crippen MR) is 52.6 cm³/mol. The largest absolute Gasteiger partial charge is 0.266 e. The molecule has 13 heavy (non-hydrogen) atoms. The Hall–Kier alpha value is -1.38. The molecule has 0 saturated heterocycles. The van der Waals surface area contributed by atoms with Crippen LogP contribution in [-0.2, 0) is 13.5 Å². The van der Waals surface area contributed by atoms with Crippen LogP contribution in [0.5, 0.6) is 0 Å². The van der Waals surface area contributed by atoms with Crippen LogP contribution in [0.3, 0.4) is 0 Å². The van der Waals surface area contributed by atoms with Crippen molar-refractivity contribution in [2.45, 2.75) is 20.3 Å². The van der Waals surface area contributed by atoms with E-state index in [-0.39, 0.29) is 0 Å². The van der Waals surface area contributed by atoms with Crippen LogP contribution in [0.25, 0.3) is 11.0 Å². The van der Waals surface area contributed by atoms with Crippen molar-refractivity contribution in [1.29, 1.82) is 0 Å². The van der Waals surface area contributed by atoms with Crippen LogP contribution < -0.4 is 0 Å². The first kappa shape index (κ1) is 8.23. The fourth-order valence-corrected chi connectivity index (χ4v) is 1.54. The number of hydrogen-bond acceptors (Lipinski definition) is 2. The molecule has 2 aromatic rings. The zero-order chi connectivity index (χ0) is 9.42. The number of aromatic nitrogens is 3. The lowest BCUT2D eigenvalue weighted by atomic mass is 10.2. The van der Waals surface area contributed by atoms with Gasteiger partial charge in [-0.2, -0.15) is 5.10 Å². The van der Waals surface area contributed by atoms with E-state index in [1.54, 1.807) is 0 Å². The third-order valence-corrected chi connectivity index (χ3v) is 2.23. The van der Waals surface area contributed by atoms with Crippen molar-refractivity contribution in [1.82, 2.24) is 14.8 Å². The minimum atomic E-state index is 0.938. The summed E-state index contributed by atoms with van der Waals surface area (Å²) < 4.78 is 1.90. The Morgan fingerprint density at radius 2 is 2.23 bits per heavy atom. The van der Waals surface area contributed by atoms with Gasteiger partial charge in [0.15, 0.2) is 0 Å². The van der Waals surface area contributed by atoms with Gasteiger partial charge < -0.3 is 0 Å². The maximum absolute atomic E-state index is 4.40. The van der Waals surface area contributed by atoms with Crippen LogP contribution in [0.2, 0.25) is 0 Å². The number of fused-ring (bicyclic) bond motifs is 1. The standard InChI is InChI=1S/C10H13N3/c1-4-8-10-9(13(3)12-8)5-7(2)6-11-10/h5-6H,4H2,1-3H3. The molecule has 3 nitrogen and oxygen atoms in total. The second-order valence-electron chi connectivity index (χ2n) is 3.30. The Balaban J connectivity index is 2.80. The van der Waals surface area contributed by atoms with Crippen molar-refractivity contribution < 1.29 is 0 Å². The zero-order valence-corrected chi connectivity index (χ0v) is 8.20. The molecule has 0 N–H and O–H groups in total. The van der Waals surface area contributed by atoms with Crippen LogP contribution in [0.1, 0.15) is 18.2 Å². The van der Waals surface area contributed by atoms with Crippen LogP contribution >= 0.6 is 0 Å². The summed E-state index contributed by atoms with van der Waals surface area (Å²) in [4.78, 5) is 4.39. The highest BCUT2D eigenvalue weighted by atomic mass is 15.3. The molecule has 2 heterocycles. The average Bonchev–Trinajstić information content (AvgIpc) is 2.43. The Bertz CT molecular complexity index is 443. The molecule has 2 aromatic heterocycles. The molecule has 0 saturated carbocycles. The monoisotopic (exact) mass is 175 g/mol. The van der Waals surface area contributed by atoms with E-state index in [1.165, 1.54) is 5.56 Å². The average molecular weight is 175 g/mol. The maximum Gasteiger partial charge on any atom is 0.111 e. The molecular weight excluding hydrogens is 162 g/mol. The van der Waals surface area contributed by atoms with Crippen molar-refractivity contribution in [2.75, 3.05) is 0 Å².